The molecule has 7 heteroatoms. The van der Waals surface area contributed by atoms with E-state index in [1.54, 1.807) is 21.0 Å². The minimum absolute atomic E-state index is 0.0357. The molecule has 0 aromatic heterocycles. The first-order valence-corrected chi connectivity index (χ1v) is 6.81. The molecule has 0 heterocycles. The van der Waals surface area contributed by atoms with E-state index in [2.05, 4.69) is 15.9 Å². The van der Waals surface area contributed by atoms with Crippen molar-refractivity contribution in [3.63, 3.8) is 0 Å². The Balaban J connectivity index is 3.03. The summed E-state index contributed by atoms with van der Waals surface area (Å²) < 4.78 is 13.6. The van der Waals surface area contributed by atoms with Crippen LogP contribution in [0, 0.1) is 5.82 Å². The topological polar surface area (TPSA) is 66.6 Å². The van der Waals surface area contributed by atoms with Gasteiger partial charge in [-0.05, 0) is 35.0 Å². The number of anilines is 1. The van der Waals surface area contributed by atoms with Crippen LogP contribution < -0.4 is 5.73 Å². The summed E-state index contributed by atoms with van der Waals surface area (Å²) in [4.78, 5) is 26.8. The molecule has 1 rings (SSSR count). The van der Waals surface area contributed by atoms with Gasteiger partial charge in [0.15, 0.2) is 0 Å². The third-order valence-corrected chi connectivity index (χ3v) is 3.47. The van der Waals surface area contributed by atoms with E-state index in [4.69, 9.17) is 5.73 Å². The number of rotatable bonds is 4. The molecule has 110 valence electrons. The van der Waals surface area contributed by atoms with Crippen molar-refractivity contribution in [3.8, 4) is 0 Å². The maximum atomic E-state index is 13.3. The van der Waals surface area contributed by atoms with Crippen molar-refractivity contribution in [1.29, 1.82) is 0 Å². The van der Waals surface area contributed by atoms with Gasteiger partial charge in [0.1, 0.15) is 5.82 Å². The molecule has 0 atom stereocenters. The van der Waals surface area contributed by atoms with Gasteiger partial charge in [0.2, 0.25) is 5.91 Å². The molecule has 2 amide bonds. The van der Waals surface area contributed by atoms with Crippen LogP contribution in [0.3, 0.4) is 0 Å². The van der Waals surface area contributed by atoms with Crippen molar-refractivity contribution >= 4 is 33.4 Å². The number of nitrogens with zero attached hydrogens (tertiary/aromatic N) is 2. The number of benzene rings is 1. The van der Waals surface area contributed by atoms with Crippen LogP contribution in [0.1, 0.15) is 17.3 Å². The third kappa shape index (κ3) is 3.69. The number of carbonyl (C=O) groups is 2. The van der Waals surface area contributed by atoms with Gasteiger partial charge in [0.25, 0.3) is 5.91 Å². The Labute approximate surface area is 125 Å². The molecule has 20 heavy (non-hydrogen) atoms. The zero-order valence-electron chi connectivity index (χ0n) is 11.6. The molecule has 0 aliphatic carbocycles. The minimum atomic E-state index is -0.596. The van der Waals surface area contributed by atoms with Crippen molar-refractivity contribution in [2.45, 2.75) is 6.92 Å². The van der Waals surface area contributed by atoms with Crippen molar-refractivity contribution in [2.75, 3.05) is 32.9 Å². The first kappa shape index (κ1) is 16.4. The molecule has 0 saturated heterocycles. The number of carbonyl (C=O) groups excluding carboxylic acids is 2. The standard InChI is InChI=1S/C13H17BrFN3O2/c1-4-18(7-12(19)17(2)3)13(20)8-5-11(16)10(15)6-9(8)14/h5-6H,4,7,16H2,1-3H3. The Bertz CT molecular complexity index is 535. The predicted octanol–water partition coefficient (Wildman–Crippen LogP) is 1.72. The van der Waals surface area contributed by atoms with Gasteiger partial charge in [0, 0.05) is 25.1 Å². The molecule has 0 aliphatic heterocycles. The number of halogens is 2. The molecule has 0 bridgehead atoms. The van der Waals surface area contributed by atoms with Gasteiger partial charge >= 0.3 is 0 Å². The fourth-order valence-electron chi connectivity index (χ4n) is 1.53. The predicted molar refractivity (Wildman–Crippen MR) is 78.8 cm³/mol. The molecular formula is C13H17BrFN3O2. The second kappa shape index (κ2) is 6.69. The molecule has 0 spiro atoms. The molecular weight excluding hydrogens is 329 g/mol. The van der Waals surface area contributed by atoms with Crippen LogP contribution in [-0.4, -0.2) is 48.8 Å². The van der Waals surface area contributed by atoms with Gasteiger partial charge in [-0.25, -0.2) is 4.39 Å². The Morgan fingerprint density at radius 3 is 2.45 bits per heavy atom. The number of likely N-dealkylation sites (N-methyl/N-ethyl adjacent to an activating group) is 2. The Hall–Kier alpha value is -1.63. The molecule has 1 aromatic rings. The van der Waals surface area contributed by atoms with Gasteiger partial charge in [-0.1, -0.05) is 0 Å². The highest BCUT2D eigenvalue weighted by Gasteiger charge is 2.21. The normalized spacial score (nSPS) is 10.2. The van der Waals surface area contributed by atoms with Gasteiger partial charge in [-0.15, -0.1) is 0 Å². The summed E-state index contributed by atoms with van der Waals surface area (Å²) in [6, 6.07) is 2.41. The van der Waals surface area contributed by atoms with E-state index < -0.39 is 5.82 Å². The fraction of sp³-hybridized carbons (Fsp3) is 0.385. The largest absolute Gasteiger partial charge is 0.396 e. The number of hydrogen-bond donors (Lipinski definition) is 1. The summed E-state index contributed by atoms with van der Waals surface area (Å²) in [7, 11) is 3.24. The van der Waals surface area contributed by atoms with Crippen LogP contribution in [0.4, 0.5) is 10.1 Å². The molecule has 0 radical (unpaired) electrons. The number of nitrogen functional groups attached to an aromatic ring is 1. The number of hydrogen-bond acceptors (Lipinski definition) is 3. The zero-order valence-corrected chi connectivity index (χ0v) is 13.2. The summed E-state index contributed by atoms with van der Waals surface area (Å²) in [5, 5.41) is 0. The molecule has 5 nitrogen and oxygen atoms in total. The monoisotopic (exact) mass is 345 g/mol. The van der Waals surface area contributed by atoms with E-state index in [-0.39, 0.29) is 29.6 Å². The maximum absolute atomic E-state index is 13.3. The fourth-order valence-corrected chi connectivity index (χ4v) is 2.02. The summed E-state index contributed by atoms with van der Waals surface area (Å²) in [5.74, 6) is -1.16. The van der Waals surface area contributed by atoms with Crippen molar-refractivity contribution in [2.24, 2.45) is 0 Å². The quantitative estimate of drug-likeness (QED) is 0.845. The van der Waals surface area contributed by atoms with E-state index in [9.17, 15) is 14.0 Å². The zero-order chi connectivity index (χ0) is 15.4. The van der Waals surface area contributed by atoms with Crippen LogP contribution in [0.15, 0.2) is 16.6 Å². The van der Waals surface area contributed by atoms with Crippen LogP contribution in [-0.2, 0) is 4.79 Å². The highest BCUT2D eigenvalue weighted by atomic mass is 79.9. The Kier molecular flexibility index (Phi) is 5.50. The van der Waals surface area contributed by atoms with Crippen molar-refractivity contribution < 1.29 is 14.0 Å². The maximum Gasteiger partial charge on any atom is 0.255 e. The van der Waals surface area contributed by atoms with Gasteiger partial charge in [-0.2, -0.15) is 0 Å². The van der Waals surface area contributed by atoms with Crippen LogP contribution in [0.2, 0.25) is 0 Å². The summed E-state index contributed by atoms with van der Waals surface area (Å²) >= 11 is 3.14. The highest BCUT2D eigenvalue weighted by Crippen LogP contribution is 2.24. The first-order chi connectivity index (χ1) is 9.27. The lowest BCUT2D eigenvalue weighted by Gasteiger charge is -2.23. The lowest BCUT2D eigenvalue weighted by Crippen LogP contribution is -2.40. The second-order valence-corrected chi connectivity index (χ2v) is 5.32. The summed E-state index contributed by atoms with van der Waals surface area (Å²) in [5.41, 5.74) is 5.61. The van der Waals surface area contributed by atoms with E-state index in [1.165, 1.54) is 15.9 Å². The molecule has 0 aliphatic rings. The van der Waals surface area contributed by atoms with E-state index in [0.717, 1.165) is 6.07 Å². The van der Waals surface area contributed by atoms with Crippen molar-refractivity contribution in [3.05, 3.63) is 28.0 Å². The van der Waals surface area contributed by atoms with Gasteiger partial charge in [-0.3, -0.25) is 9.59 Å². The summed E-state index contributed by atoms with van der Waals surface area (Å²) in [6.07, 6.45) is 0. The van der Waals surface area contributed by atoms with Crippen LogP contribution >= 0.6 is 15.9 Å². The number of amides is 2. The summed E-state index contributed by atoms with van der Waals surface area (Å²) in [6.45, 7) is 2.09. The number of nitrogens with two attached hydrogens (primary N) is 1. The third-order valence-electron chi connectivity index (χ3n) is 2.81. The molecule has 2 N–H and O–H groups in total. The van der Waals surface area contributed by atoms with Gasteiger partial charge < -0.3 is 15.5 Å². The van der Waals surface area contributed by atoms with E-state index in [1.807, 2.05) is 0 Å². The smallest absolute Gasteiger partial charge is 0.255 e. The van der Waals surface area contributed by atoms with E-state index in [0.29, 0.717) is 11.0 Å². The molecule has 0 saturated carbocycles. The van der Waals surface area contributed by atoms with E-state index >= 15 is 0 Å². The van der Waals surface area contributed by atoms with Crippen LogP contribution in [0.5, 0.6) is 0 Å². The second-order valence-electron chi connectivity index (χ2n) is 4.46. The average Bonchev–Trinajstić information content (AvgIpc) is 2.38. The van der Waals surface area contributed by atoms with Gasteiger partial charge in [0.05, 0.1) is 17.8 Å². The Morgan fingerprint density at radius 2 is 1.95 bits per heavy atom. The van der Waals surface area contributed by atoms with Crippen molar-refractivity contribution in [1.82, 2.24) is 9.80 Å². The first-order valence-electron chi connectivity index (χ1n) is 6.01. The molecule has 0 unspecified atom stereocenters. The Morgan fingerprint density at radius 1 is 1.35 bits per heavy atom. The average molecular weight is 346 g/mol. The minimum Gasteiger partial charge on any atom is -0.396 e. The lowest BCUT2D eigenvalue weighted by molar-refractivity contribution is -0.129. The molecule has 0 fully saturated rings. The SMILES string of the molecule is CCN(CC(=O)N(C)C)C(=O)c1cc(N)c(F)cc1Br. The molecule has 1 aromatic carbocycles. The highest BCUT2D eigenvalue weighted by molar-refractivity contribution is 9.10. The lowest BCUT2D eigenvalue weighted by atomic mass is 10.1. The van der Waals surface area contributed by atoms with Crippen LogP contribution in [0.25, 0.3) is 0 Å².